The Balaban J connectivity index is 1.41. The van der Waals surface area contributed by atoms with Crippen molar-refractivity contribution in [2.45, 2.75) is 52.1 Å². The van der Waals surface area contributed by atoms with E-state index in [-0.39, 0.29) is 6.04 Å². The fourth-order valence-corrected chi connectivity index (χ4v) is 5.30. The topological polar surface area (TPSA) is 68.1 Å². The SMILES string of the molecule is Cc1c(C#N)cccc1C(C)Nc1nnc(C)c2ccc(N3CCC(N4CCC4)CC3)cc12. The van der Waals surface area contributed by atoms with Crippen molar-refractivity contribution >= 4 is 22.3 Å². The Labute approximate surface area is 196 Å². The number of nitrogens with zero attached hydrogens (tertiary/aromatic N) is 5. The number of aromatic nitrogens is 2. The summed E-state index contributed by atoms with van der Waals surface area (Å²) in [6.07, 6.45) is 3.84. The Hall–Kier alpha value is -3.17. The van der Waals surface area contributed by atoms with Gasteiger partial charge in [-0.05, 0) is 82.4 Å². The van der Waals surface area contributed by atoms with Crippen LogP contribution in [0.5, 0.6) is 0 Å². The standard InChI is InChI=1S/C27H32N6/c1-18-21(17-28)6-4-7-24(18)19(2)29-27-26-16-23(8-9-25(26)20(3)30-31-27)33-14-10-22(11-15-33)32-12-5-13-32/h4,6-9,16,19,22H,5,10-15H2,1-3H3,(H,29,31). The lowest BCUT2D eigenvalue weighted by molar-refractivity contribution is 0.100. The minimum absolute atomic E-state index is 0.00873. The predicted molar refractivity (Wildman–Crippen MR) is 134 cm³/mol. The maximum Gasteiger partial charge on any atom is 0.157 e. The quantitative estimate of drug-likeness (QED) is 0.604. The van der Waals surface area contributed by atoms with Gasteiger partial charge in [-0.3, -0.25) is 0 Å². The number of piperidine rings is 1. The molecule has 0 amide bonds. The Morgan fingerprint density at radius 1 is 1.03 bits per heavy atom. The van der Waals surface area contributed by atoms with Crippen molar-refractivity contribution in [3.05, 3.63) is 58.8 Å². The van der Waals surface area contributed by atoms with Crippen molar-refractivity contribution in [1.82, 2.24) is 15.1 Å². The molecule has 2 aromatic carbocycles. The summed E-state index contributed by atoms with van der Waals surface area (Å²) in [5, 5.41) is 24.2. The molecule has 1 unspecified atom stereocenters. The summed E-state index contributed by atoms with van der Waals surface area (Å²) in [6.45, 7) is 10.9. The molecule has 0 aliphatic carbocycles. The minimum Gasteiger partial charge on any atom is -0.371 e. The van der Waals surface area contributed by atoms with E-state index in [1.54, 1.807) is 0 Å². The molecule has 3 heterocycles. The van der Waals surface area contributed by atoms with E-state index in [0.717, 1.165) is 52.5 Å². The van der Waals surface area contributed by atoms with Crippen LogP contribution in [0, 0.1) is 25.2 Å². The van der Waals surface area contributed by atoms with Crippen molar-refractivity contribution < 1.29 is 0 Å². The Kier molecular flexibility index (Phi) is 5.90. The molecule has 2 aliphatic heterocycles. The lowest BCUT2D eigenvalue weighted by Crippen LogP contribution is -2.50. The largest absolute Gasteiger partial charge is 0.371 e. The van der Waals surface area contributed by atoms with Gasteiger partial charge >= 0.3 is 0 Å². The summed E-state index contributed by atoms with van der Waals surface area (Å²) in [6, 6.07) is 15.6. The van der Waals surface area contributed by atoms with Gasteiger partial charge in [-0.25, -0.2) is 0 Å². The van der Waals surface area contributed by atoms with Crippen molar-refractivity contribution in [2.24, 2.45) is 0 Å². The van der Waals surface area contributed by atoms with Gasteiger partial charge in [0, 0.05) is 35.6 Å². The molecule has 0 spiro atoms. The van der Waals surface area contributed by atoms with Gasteiger partial charge in [0.2, 0.25) is 0 Å². The second-order valence-electron chi connectivity index (χ2n) is 9.47. The van der Waals surface area contributed by atoms with Gasteiger partial charge in [0.1, 0.15) is 0 Å². The van der Waals surface area contributed by atoms with Crippen LogP contribution in [0.2, 0.25) is 0 Å². The first-order valence-corrected chi connectivity index (χ1v) is 12.1. The molecule has 1 N–H and O–H groups in total. The molecule has 0 bridgehead atoms. The average molecular weight is 441 g/mol. The number of hydrogen-bond acceptors (Lipinski definition) is 6. The zero-order valence-corrected chi connectivity index (χ0v) is 19.8. The molecule has 0 saturated carbocycles. The normalized spacial score (nSPS) is 18.1. The van der Waals surface area contributed by atoms with E-state index in [1.165, 1.54) is 38.0 Å². The molecule has 1 aromatic heterocycles. The zero-order valence-electron chi connectivity index (χ0n) is 19.8. The molecule has 1 atom stereocenters. The van der Waals surface area contributed by atoms with Crippen LogP contribution >= 0.6 is 0 Å². The molecule has 2 saturated heterocycles. The number of likely N-dealkylation sites (tertiary alicyclic amines) is 1. The van der Waals surface area contributed by atoms with E-state index in [0.29, 0.717) is 5.56 Å². The number of benzene rings is 2. The molecule has 3 aromatic rings. The van der Waals surface area contributed by atoms with Gasteiger partial charge < -0.3 is 15.1 Å². The lowest BCUT2D eigenvalue weighted by atomic mass is 9.98. The van der Waals surface area contributed by atoms with Gasteiger partial charge in [0.25, 0.3) is 0 Å². The van der Waals surface area contributed by atoms with Gasteiger partial charge in [-0.15, -0.1) is 5.10 Å². The predicted octanol–water partition coefficient (Wildman–Crippen LogP) is 4.97. The van der Waals surface area contributed by atoms with Crippen LogP contribution in [0.3, 0.4) is 0 Å². The fourth-order valence-electron chi connectivity index (χ4n) is 5.30. The number of aryl methyl sites for hydroxylation is 1. The van der Waals surface area contributed by atoms with Crippen molar-refractivity contribution in [3.63, 3.8) is 0 Å². The van der Waals surface area contributed by atoms with Gasteiger partial charge in [0.15, 0.2) is 5.82 Å². The van der Waals surface area contributed by atoms with E-state index in [1.807, 2.05) is 26.0 Å². The highest BCUT2D eigenvalue weighted by Crippen LogP contribution is 2.32. The number of hydrogen-bond donors (Lipinski definition) is 1. The van der Waals surface area contributed by atoms with E-state index in [9.17, 15) is 5.26 Å². The molecule has 2 aliphatic rings. The fraction of sp³-hybridized carbons (Fsp3) is 0.444. The summed E-state index contributed by atoms with van der Waals surface area (Å²) in [4.78, 5) is 5.16. The van der Waals surface area contributed by atoms with Crippen molar-refractivity contribution in [2.75, 3.05) is 36.4 Å². The zero-order chi connectivity index (χ0) is 22.9. The molecule has 170 valence electrons. The number of nitriles is 1. The van der Waals surface area contributed by atoms with Crippen molar-refractivity contribution in [1.29, 1.82) is 5.26 Å². The average Bonchev–Trinajstić information content (AvgIpc) is 2.80. The summed E-state index contributed by atoms with van der Waals surface area (Å²) >= 11 is 0. The second kappa shape index (κ2) is 8.99. The molecule has 6 nitrogen and oxygen atoms in total. The first-order chi connectivity index (χ1) is 16.0. The van der Waals surface area contributed by atoms with Crippen LogP contribution < -0.4 is 10.2 Å². The Morgan fingerprint density at radius 3 is 2.52 bits per heavy atom. The monoisotopic (exact) mass is 440 g/mol. The smallest absolute Gasteiger partial charge is 0.157 e. The number of nitrogens with one attached hydrogen (secondary N) is 1. The summed E-state index contributed by atoms with van der Waals surface area (Å²) in [5.41, 5.74) is 5.03. The third-order valence-corrected chi connectivity index (χ3v) is 7.50. The maximum absolute atomic E-state index is 9.40. The summed E-state index contributed by atoms with van der Waals surface area (Å²) < 4.78 is 0. The second-order valence-corrected chi connectivity index (χ2v) is 9.47. The van der Waals surface area contributed by atoms with E-state index >= 15 is 0 Å². The highest BCUT2D eigenvalue weighted by Gasteiger charge is 2.28. The first kappa shape index (κ1) is 21.7. The molecular formula is C27H32N6. The molecule has 5 rings (SSSR count). The van der Waals surface area contributed by atoms with Crippen LogP contribution in [0.25, 0.3) is 10.8 Å². The van der Waals surface area contributed by atoms with E-state index < -0.39 is 0 Å². The molecule has 0 radical (unpaired) electrons. The van der Waals surface area contributed by atoms with Crippen LogP contribution in [0.1, 0.15) is 54.6 Å². The summed E-state index contributed by atoms with van der Waals surface area (Å²) in [7, 11) is 0. The lowest BCUT2D eigenvalue weighted by Gasteiger charge is -2.43. The van der Waals surface area contributed by atoms with Crippen LogP contribution in [0.15, 0.2) is 36.4 Å². The maximum atomic E-state index is 9.40. The highest BCUT2D eigenvalue weighted by molar-refractivity contribution is 5.95. The van der Waals surface area contributed by atoms with Crippen LogP contribution in [0.4, 0.5) is 11.5 Å². The number of fused-ring (bicyclic) bond motifs is 1. The molecule has 33 heavy (non-hydrogen) atoms. The number of rotatable bonds is 5. The number of anilines is 2. The molecule has 6 heteroatoms. The van der Waals surface area contributed by atoms with Crippen molar-refractivity contribution in [3.8, 4) is 6.07 Å². The van der Waals surface area contributed by atoms with Gasteiger partial charge in [-0.2, -0.15) is 10.4 Å². The van der Waals surface area contributed by atoms with Gasteiger partial charge in [-0.1, -0.05) is 18.2 Å². The van der Waals surface area contributed by atoms with E-state index in [2.05, 4.69) is 62.6 Å². The van der Waals surface area contributed by atoms with E-state index in [4.69, 9.17) is 0 Å². The Bertz CT molecular complexity index is 1200. The minimum atomic E-state index is 0.00873. The van der Waals surface area contributed by atoms with Crippen LogP contribution in [-0.2, 0) is 0 Å². The Morgan fingerprint density at radius 2 is 1.82 bits per heavy atom. The third kappa shape index (κ3) is 4.14. The molecule has 2 fully saturated rings. The van der Waals surface area contributed by atoms with Crippen LogP contribution in [-0.4, -0.2) is 47.3 Å². The summed E-state index contributed by atoms with van der Waals surface area (Å²) in [5.74, 6) is 0.794. The highest BCUT2D eigenvalue weighted by atomic mass is 15.2. The van der Waals surface area contributed by atoms with Gasteiger partial charge in [0.05, 0.1) is 23.4 Å². The third-order valence-electron chi connectivity index (χ3n) is 7.50. The first-order valence-electron chi connectivity index (χ1n) is 12.1. The molecular weight excluding hydrogens is 408 g/mol.